The topological polar surface area (TPSA) is 82.8 Å². The Morgan fingerprint density at radius 3 is 2.37 bits per heavy atom. The number of likely N-dealkylation sites (N-methyl/N-ethyl adjacent to an activating group) is 1. The number of carboxylic acid groups (broad SMARTS) is 1. The van der Waals surface area contributed by atoms with Gasteiger partial charge >= 0.3 is 18.1 Å². The molecule has 30 heavy (non-hydrogen) atoms. The molecule has 0 radical (unpaired) electrons. The predicted octanol–water partition coefficient (Wildman–Crippen LogP) is 2.38. The van der Waals surface area contributed by atoms with Crippen LogP contribution in [0.25, 0.3) is 10.9 Å². The highest BCUT2D eigenvalue weighted by Gasteiger charge is 2.45. The Morgan fingerprint density at radius 1 is 1.20 bits per heavy atom. The quantitative estimate of drug-likeness (QED) is 0.758. The maximum atomic E-state index is 14.7. The summed E-state index contributed by atoms with van der Waals surface area (Å²) in [5, 5.41) is 9.20. The minimum absolute atomic E-state index is 0.00160. The summed E-state index contributed by atoms with van der Waals surface area (Å²) in [6, 6.07) is 1.66. The number of hydrogen-bond acceptors (Lipinski definition) is 4. The molecular weight excluding hydrogens is 410 g/mol. The van der Waals surface area contributed by atoms with Gasteiger partial charge < -0.3 is 19.5 Å². The summed E-state index contributed by atoms with van der Waals surface area (Å²) in [5.74, 6) is -4.15. The number of hydrogen-bond donors (Lipinski definition) is 1. The number of nitrogens with zero attached hydrogens (tertiary/aromatic N) is 3. The van der Waals surface area contributed by atoms with Crippen molar-refractivity contribution in [2.45, 2.75) is 31.1 Å². The van der Waals surface area contributed by atoms with Crippen molar-refractivity contribution in [2.75, 3.05) is 25.0 Å². The van der Waals surface area contributed by atoms with Crippen molar-refractivity contribution in [1.82, 2.24) is 9.47 Å². The van der Waals surface area contributed by atoms with Crippen LogP contribution in [0, 0.1) is 5.82 Å². The van der Waals surface area contributed by atoms with Gasteiger partial charge in [0.2, 0.25) is 5.43 Å². The number of halogens is 4. The molecule has 1 saturated heterocycles. The SMILES string of the molecule is CN(C(=O)C(F)(F)F)C1CN(c2cc3c(cc2F)c(=O)c(C(=O)O)cn3C2CC2)C1. The van der Waals surface area contributed by atoms with E-state index in [1.165, 1.54) is 17.2 Å². The molecule has 160 valence electrons. The number of pyridine rings is 1. The Labute approximate surface area is 167 Å². The minimum atomic E-state index is -4.98. The summed E-state index contributed by atoms with van der Waals surface area (Å²) in [7, 11) is 1.05. The number of benzene rings is 1. The second kappa shape index (κ2) is 6.71. The maximum absolute atomic E-state index is 14.7. The summed E-state index contributed by atoms with van der Waals surface area (Å²) in [6.07, 6.45) is -2.15. The molecule has 0 spiro atoms. The Morgan fingerprint density at radius 2 is 1.83 bits per heavy atom. The van der Waals surface area contributed by atoms with Crippen LogP contribution in [-0.4, -0.2) is 58.8 Å². The molecule has 1 aliphatic carbocycles. The van der Waals surface area contributed by atoms with E-state index < -0.39 is 40.9 Å². The van der Waals surface area contributed by atoms with E-state index in [1.807, 2.05) is 0 Å². The summed E-state index contributed by atoms with van der Waals surface area (Å²) in [6.45, 7) is 0.00321. The first-order chi connectivity index (χ1) is 14.0. The van der Waals surface area contributed by atoms with Gasteiger partial charge in [-0.1, -0.05) is 0 Å². The molecule has 2 fully saturated rings. The summed E-state index contributed by atoms with van der Waals surface area (Å²) in [5.41, 5.74) is -0.787. The van der Waals surface area contributed by atoms with Crippen LogP contribution in [0.3, 0.4) is 0 Å². The predicted molar refractivity (Wildman–Crippen MR) is 98.2 cm³/mol. The van der Waals surface area contributed by atoms with Gasteiger partial charge in [-0.2, -0.15) is 13.2 Å². The summed E-state index contributed by atoms with van der Waals surface area (Å²) in [4.78, 5) is 37.3. The molecule has 0 unspecified atom stereocenters. The zero-order chi connectivity index (χ0) is 22.0. The lowest BCUT2D eigenvalue weighted by molar-refractivity contribution is -0.186. The molecule has 0 atom stereocenters. The Kier molecular flexibility index (Phi) is 4.51. The molecule has 1 saturated carbocycles. The zero-order valence-corrected chi connectivity index (χ0v) is 15.7. The van der Waals surface area contributed by atoms with Crippen molar-refractivity contribution >= 4 is 28.5 Å². The standard InChI is InChI=1S/C19H17F4N3O4/c1-24(18(30)19(21,22)23)10-6-25(7-10)15-5-14-11(4-13(15)20)16(27)12(17(28)29)8-26(14)9-2-3-9/h4-5,8-10H,2-3,6-7H2,1H3,(H,28,29). The first-order valence-corrected chi connectivity index (χ1v) is 9.19. The summed E-state index contributed by atoms with van der Waals surface area (Å²) >= 11 is 0. The number of aromatic nitrogens is 1. The molecule has 7 nitrogen and oxygen atoms in total. The lowest BCUT2D eigenvalue weighted by Crippen LogP contribution is -2.61. The third kappa shape index (κ3) is 3.27. The molecular formula is C19H17F4N3O4. The normalized spacial score (nSPS) is 17.2. The average Bonchev–Trinajstić information content (AvgIpc) is 3.45. The largest absolute Gasteiger partial charge is 0.477 e. The van der Waals surface area contributed by atoms with Gasteiger partial charge in [0.15, 0.2) is 0 Å². The van der Waals surface area contributed by atoms with Gasteiger partial charge in [0.25, 0.3) is 0 Å². The number of fused-ring (bicyclic) bond motifs is 1. The Bertz CT molecular complexity index is 1120. The fourth-order valence-electron chi connectivity index (χ4n) is 3.67. The molecule has 2 heterocycles. The maximum Gasteiger partial charge on any atom is 0.471 e. The molecule has 1 amide bonds. The first-order valence-electron chi connectivity index (χ1n) is 9.19. The number of carboxylic acids is 1. The third-order valence-electron chi connectivity index (χ3n) is 5.58. The Hall–Kier alpha value is -3.11. The van der Waals surface area contributed by atoms with Crippen LogP contribution in [-0.2, 0) is 4.79 Å². The highest BCUT2D eigenvalue weighted by Crippen LogP contribution is 2.38. The van der Waals surface area contributed by atoms with Crippen molar-refractivity contribution in [3.63, 3.8) is 0 Å². The van der Waals surface area contributed by atoms with Crippen LogP contribution < -0.4 is 10.3 Å². The van der Waals surface area contributed by atoms with Gasteiger partial charge in [0, 0.05) is 37.8 Å². The van der Waals surface area contributed by atoms with E-state index in [2.05, 4.69) is 0 Å². The Balaban J connectivity index is 1.67. The molecule has 1 aromatic heterocycles. The van der Waals surface area contributed by atoms with Crippen LogP contribution in [0.4, 0.5) is 23.2 Å². The van der Waals surface area contributed by atoms with Gasteiger partial charge in [-0.05, 0) is 25.0 Å². The molecule has 0 bridgehead atoms. The molecule has 1 aliphatic heterocycles. The van der Waals surface area contributed by atoms with E-state index in [0.29, 0.717) is 10.4 Å². The lowest BCUT2D eigenvalue weighted by Gasteiger charge is -2.45. The number of carbonyl (C=O) groups is 2. The fourth-order valence-corrected chi connectivity index (χ4v) is 3.67. The second-order valence-corrected chi connectivity index (χ2v) is 7.61. The van der Waals surface area contributed by atoms with E-state index in [1.54, 1.807) is 4.57 Å². The number of anilines is 1. The second-order valence-electron chi connectivity index (χ2n) is 7.61. The molecule has 11 heteroatoms. The number of amides is 1. The monoisotopic (exact) mass is 427 g/mol. The number of aromatic carboxylic acids is 1. The number of carbonyl (C=O) groups excluding carboxylic acids is 1. The molecule has 2 aliphatic rings. The van der Waals surface area contributed by atoms with Crippen LogP contribution in [0.5, 0.6) is 0 Å². The van der Waals surface area contributed by atoms with Crippen molar-refractivity contribution in [3.8, 4) is 0 Å². The lowest BCUT2D eigenvalue weighted by atomic mass is 10.0. The van der Waals surface area contributed by atoms with Crippen molar-refractivity contribution in [3.05, 3.63) is 39.9 Å². The smallest absolute Gasteiger partial charge is 0.471 e. The van der Waals surface area contributed by atoms with Gasteiger partial charge in [-0.25, -0.2) is 9.18 Å². The van der Waals surface area contributed by atoms with Crippen molar-refractivity contribution in [1.29, 1.82) is 0 Å². The van der Waals surface area contributed by atoms with Crippen molar-refractivity contribution < 1.29 is 32.3 Å². The number of alkyl halides is 3. The minimum Gasteiger partial charge on any atom is -0.477 e. The van der Waals surface area contributed by atoms with Gasteiger partial charge in [0.1, 0.15) is 11.4 Å². The van der Waals surface area contributed by atoms with E-state index in [9.17, 15) is 37.1 Å². The van der Waals surface area contributed by atoms with Crippen LogP contribution in [0.1, 0.15) is 29.2 Å². The van der Waals surface area contributed by atoms with Gasteiger partial charge in [0.05, 0.1) is 17.2 Å². The van der Waals surface area contributed by atoms with E-state index in [4.69, 9.17) is 0 Å². The van der Waals surface area contributed by atoms with Gasteiger partial charge in [-0.15, -0.1) is 0 Å². The number of rotatable bonds is 4. The van der Waals surface area contributed by atoms with Crippen LogP contribution >= 0.6 is 0 Å². The first kappa shape index (κ1) is 20.2. The third-order valence-corrected chi connectivity index (χ3v) is 5.58. The zero-order valence-electron chi connectivity index (χ0n) is 15.7. The van der Waals surface area contributed by atoms with Crippen molar-refractivity contribution in [2.24, 2.45) is 0 Å². The molecule has 1 aromatic carbocycles. The van der Waals surface area contributed by atoms with E-state index in [-0.39, 0.29) is 30.2 Å². The molecule has 1 N–H and O–H groups in total. The average molecular weight is 427 g/mol. The van der Waals surface area contributed by atoms with E-state index in [0.717, 1.165) is 26.0 Å². The molecule has 4 rings (SSSR count). The molecule has 2 aromatic rings. The van der Waals surface area contributed by atoms with Gasteiger partial charge in [-0.3, -0.25) is 9.59 Å². The van der Waals surface area contributed by atoms with Crippen LogP contribution in [0.15, 0.2) is 23.1 Å². The highest BCUT2D eigenvalue weighted by molar-refractivity contribution is 5.93. The highest BCUT2D eigenvalue weighted by atomic mass is 19.4. The fraction of sp³-hybridized carbons (Fsp3) is 0.421. The van der Waals surface area contributed by atoms with E-state index >= 15 is 0 Å². The van der Waals surface area contributed by atoms with Crippen LogP contribution in [0.2, 0.25) is 0 Å². The summed E-state index contributed by atoms with van der Waals surface area (Å²) < 4.78 is 54.1.